The zero-order chi connectivity index (χ0) is 21.0. The van der Waals surface area contributed by atoms with Crippen LogP contribution in [0.3, 0.4) is 0 Å². The highest BCUT2D eigenvalue weighted by Crippen LogP contribution is 2.34. The van der Waals surface area contributed by atoms with E-state index in [1.54, 1.807) is 43.6 Å². The van der Waals surface area contributed by atoms with Gasteiger partial charge in [0.15, 0.2) is 5.75 Å². The SMILES string of the molecule is C=C(/C=C\C=C(/C)Cl)c1ncc(O[C@H](C)c2ccnc(C)n2)c2c(N)ncnc12. The number of rotatable bonds is 6. The van der Waals surface area contributed by atoms with E-state index >= 15 is 0 Å². The summed E-state index contributed by atoms with van der Waals surface area (Å²) < 4.78 is 6.11. The Hall–Kier alpha value is -3.32. The maximum absolute atomic E-state index is 6.15. The van der Waals surface area contributed by atoms with E-state index in [4.69, 9.17) is 22.1 Å². The van der Waals surface area contributed by atoms with Crippen LogP contribution in [0.2, 0.25) is 0 Å². The molecule has 3 aromatic heterocycles. The lowest BCUT2D eigenvalue weighted by molar-refractivity contribution is 0.223. The fourth-order valence-electron chi connectivity index (χ4n) is 2.72. The molecule has 8 heteroatoms. The third-order valence-corrected chi connectivity index (χ3v) is 4.23. The minimum atomic E-state index is -0.341. The number of fused-ring (bicyclic) bond motifs is 1. The van der Waals surface area contributed by atoms with Crippen molar-refractivity contribution in [2.45, 2.75) is 26.9 Å². The van der Waals surface area contributed by atoms with Gasteiger partial charge in [0.1, 0.15) is 29.6 Å². The number of anilines is 1. The van der Waals surface area contributed by atoms with Crippen molar-refractivity contribution in [2.75, 3.05) is 5.73 Å². The highest BCUT2D eigenvalue weighted by molar-refractivity contribution is 6.29. The first kappa shape index (κ1) is 20.4. The quantitative estimate of drug-likeness (QED) is 0.596. The van der Waals surface area contributed by atoms with Gasteiger partial charge in [-0.05, 0) is 38.5 Å². The van der Waals surface area contributed by atoms with Crippen molar-refractivity contribution < 1.29 is 4.74 Å². The van der Waals surface area contributed by atoms with Gasteiger partial charge in [-0.15, -0.1) is 0 Å². The molecule has 148 valence electrons. The molecule has 0 bridgehead atoms. The van der Waals surface area contributed by atoms with E-state index in [9.17, 15) is 0 Å². The van der Waals surface area contributed by atoms with E-state index in [0.717, 1.165) is 5.69 Å². The molecular formula is C21H21ClN6O. The number of aromatic nitrogens is 5. The molecule has 0 aliphatic rings. The van der Waals surface area contributed by atoms with Crippen LogP contribution in [0, 0.1) is 6.92 Å². The van der Waals surface area contributed by atoms with Crippen molar-refractivity contribution >= 4 is 33.9 Å². The van der Waals surface area contributed by atoms with Crippen molar-refractivity contribution in [3.63, 3.8) is 0 Å². The first-order valence-corrected chi connectivity index (χ1v) is 9.29. The second kappa shape index (κ2) is 8.79. The molecule has 0 aliphatic heterocycles. The number of hydrogen-bond donors (Lipinski definition) is 1. The molecule has 3 rings (SSSR count). The Morgan fingerprint density at radius 2 is 2.07 bits per heavy atom. The Bertz CT molecular complexity index is 1120. The lowest BCUT2D eigenvalue weighted by atomic mass is 10.1. The van der Waals surface area contributed by atoms with Crippen LogP contribution in [-0.2, 0) is 0 Å². The summed E-state index contributed by atoms with van der Waals surface area (Å²) in [5.41, 5.74) is 8.70. The fraction of sp³-hybridized carbons (Fsp3) is 0.190. The molecule has 1 atom stereocenters. The standard InChI is InChI=1S/C21H21ClN6O/c1-12(6-5-7-13(2)22)19-20-18(21(23)27-11-26-20)17(10-25-19)29-14(3)16-8-9-24-15(4)28-16/h5-11,14H,1H2,2-4H3,(H2,23,26,27)/b6-5-,13-7+/t14-/m1/s1. The van der Waals surface area contributed by atoms with E-state index < -0.39 is 0 Å². The summed E-state index contributed by atoms with van der Waals surface area (Å²) in [4.78, 5) is 21.5. The highest BCUT2D eigenvalue weighted by Gasteiger charge is 2.18. The zero-order valence-corrected chi connectivity index (χ0v) is 17.2. The van der Waals surface area contributed by atoms with Gasteiger partial charge in [-0.3, -0.25) is 4.98 Å². The number of halogens is 1. The monoisotopic (exact) mass is 408 g/mol. The Kier molecular flexibility index (Phi) is 6.19. The minimum Gasteiger partial charge on any atom is -0.482 e. The van der Waals surface area contributed by atoms with Gasteiger partial charge in [0.2, 0.25) is 0 Å². The first-order valence-electron chi connectivity index (χ1n) is 8.92. The van der Waals surface area contributed by atoms with Crippen molar-refractivity contribution in [1.82, 2.24) is 24.9 Å². The van der Waals surface area contributed by atoms with E-state index in [-0.39, 0.29) is 6.10 Å². The molecule has 3 aromatic rings. The van der Waals surface area contributed by atoms with Gasteiger partial charge >= 0.3 is 0 Å². The first-order chi connectivity index (χ1) is 13.9. The Morgan fingerprint density at radius 1 is 1.28 bits per heavy atom. The topological polar surface area (TPSA) is 99.7 Å². The van der Waals surface area contributed by atoms with Crippen LogP contribution >= 0.6 is 11.6 Å². The van der Waals surface area contributed by atoms with Gasteiger partial charge < -0.3 is 10.5 Å². The maximum atomic E-state index is 6.15. The minimum absolute atomic E-state index is 0.299. The van der Waals surface area contributed by atoms with Gasteiger partial charge in [-0.2, -0.15) is 0 Å². The third-order valence-electron chi connectivity index (χ3n) is 4.10. The average Bonchev–Trinajstić information content (AvgIpc) is 2.67. The van der Waals surface area contributed by atoms with Gasteiger partial charge in [0, 0.05) is 11.2 Å². The Morgan fingerprint density at radius 3 is 2.79 bits per heavy atom. The van der Waals surface area contributed by atoms with Crippen molar-refractivity contribution in [1.29, 1.82) is 0 Å². The van der Waals surface area contributed by atoms with E-state index in [1.165, 1.54) is 6.33 Å². The van der Waals surface area contributed by atoms with Crippen molar-refractivity contribution in [3.8, 4) is 5.75 Å². The van der Waals surface area contributed by atoms with Crippen LogP contribution in [0.5, 0.6) is 5.75 Å². The molecule has 0 saturated carbocycles. The average molecular weight is 409 g/mol. The molecular weight excluding hydrogens is 388 g/mol. The number of nitrogen functional groups attached to an aromatic ring is 1. The molecule has 0 saturated heterocycles. The van der Waals surface area contributed by atoms with E-state index in [1.807, 2.05) is 13.8 Å². The number of allylic oxidation sites excluding steroid dienone is 5. The summed E-state index contributed by atoms with van der Waals surface area (Å²) in [7, 11) is 0. The summed E-state index contributed by atoms with van der Waals surface area (Å²) in [6, 6.07) is 1.81. The van der Waals surface area contributed by atoms with Gasteiger partial charge in [0.05, 0.1) is 23.0 Å². The van der Waals surface area contributed by atoms with Crippen LogP contribution in [0.15, 0.2) is 54.6 Å². The molecule has 0 unspecified atom stereocenters. The van der Waals surface area contributed by atoms with Gasteiger partial charge in [0.25, 0.3) is 0 Å². The van der Waals surface area contributed by atoms with Crippen LogP contribution < -0.4 is 10.5 Å². The lowest BCUT2D eigenvalue weighted by Gasteiger charge is -2.17. The second-order valence-corrected chi connectivity index (χ2v) is 6.98. The number of nitrogens with two attached hydrogens (primary N) is 1. The predicted molar refractivity (Wildman–Crippen MR) is 115 cm³/mol. The molecule has 0 aromatic carbocycles. The number of nitrogens with zero attached hydrogens (tertiary/aromatic N) is 5. The molecule has 0 aliphatic carbocycles. The molecule has 0 amide bonds. The molecule has 3 heterocycles. The van der Waals surface area contributed by atoms with Crippen LogP contribution in [0.4, 0.5) is 5.82 Å². The van der Waals surface area contributed by atoms with E-state index in [0.29, 0.717) is 44.6 Å². The molecule has 7 nitrogen and oxygen atoms in total. The number of ether oxygens (including phenoxy) is 1. The van der Waals surface area contributed by atoms with Crippen LogP contribution in [-0.4, -0.2) is 24.9 Å². The molecule has 0 spiro atoms. The van der Waals surface area contributed by atoms with Crippen molar-refractivity contribution in [3.05, 3.63) is 71.8 Å². The predicted octanol–water partition coefficient (Wildman–Crippen LogP) is 4.56. The van der Waals surface area contributed by atoms with E-state index in [2.05, 4.69) is 31.5 Å². The molecule has 0 fully saturated rings. The van der Waals surface area contributed by atoms with Crippen LogP contribution in [0.1, 0.15) is 37.2 Å². The zero-order valence-electron chi connectivity index (χ0n) is 16.4. The molecule has 29 heavy (non-hydrogen) atoms. The summed E-state index contributed by atoms with van der Waals surface area (Å²) in [5, 5.41) is 1.24. The van der Waals surface area contributed by atoms with Crippen molar-refractivity contribution in [2.24, 2.45) is 0 Å². The Labute approximate surface area is 174 Å². The summed E-state index contributed by atoms with van der Waals surface area (Å²) in [6.45, 7) is 9.58. The second-order valence-electron chi connectivity index (χ2n) is 6.38. The summed E-state index contributed by atoms with van der Waals surface area (Å²) >= 11 is 5.85. The van der Waals surface area contributed by atoms with Gasteiger partial charge in [-0.1, -0.05) is 30.3 Å². The summed E-state index contributed by atoms with van der Waals surface area (Å²) in [5.74, 6) is 1.44. The third kappa shape index (κ3) is 4.75. The number of hydrogen-bond acceptors (Lipinski definition) is 7. The van der Waals surface area contributed by atoms with Gasteiger partial charge in [-0.25, -0.2) is 19.9 Å². The Balaban J connectivity index is 2.01. The molecule has 2 N–H and O–H groups in total. The normalized spacial score (nSPS) is 13.0. The molecule has 0 radical (unpaired) electrons. The summed E-state index contributed by atoms with van der Waals surface area (Å²) in [6.07, 6.45) is 9.72. The smallest absolute Gasteiger partial charge is 0.151 e. The number of aryl methyl sites for hydroxylation is 1. The lowest BCUT2D eigenvalue weighted by Crippen LogP contribution is -2.09. The fourth-order valence-corrected chi connectivity index (χ4v) is 2.80. The maximum Gasteiger partial charge on any atom is 0.151 e. The van der Waals surface area contributed by atoms with Crippen LogP contribution in [0.25, 0.3) is 16.5 Å². The number of pyridine rings is 1. The highest BCUT2D eigenvalue weighted by atomic mass is 35.5. The largest absolute Gasteiger partial charge is 0.482 e.